The first-order valence-corrected chi connectivity index (χ1v) is 6.73. The zero-order valence-electron chi connectivity index (χ0n) is 10.1. The Bertz CT molecular complexity index is 215. The third kappa shape index (κ3) is 3.98. The van der Waals surface area contributed by atoms with Gasteiger partial charge in [0.25, 0.3) is 0 Å². The molecule has 15 heavy (non-hydrogen) atoms. The molecule has 2 aliphatic rings. The van der Waals surface area contributed by atoms with Gasteiger partial charge in [0, 0.05) is 6.04 Å². The summed E-state index contributed by atoms with van der Waals surface area (Å²) in [6.45, 7) is 0. The van der Waals surface area contributed by atoms with Crippen molar-refractivity contribution in [3.63, 3.8) is 0 Å². The van der Waals surface area contributed by atoms with Crippen LogP contribution in [-0.4, -0.2) is 13.1 Å². The fraction of sp³-hybridized carbons (Fsp3) is 0.857. The van der Waals surface area contributed by atoms with E-state index in [9.17, 15) is 0 Å². The van der Waals surface area contributed by atoms with Crippen molar-refractivity contribution in [2.75, 3.05) is 7.05 Å². The van der Waals surface area contributed by atoms with Crippen molar-refractivity contribution in [1.29, 1.82) is 0 Å². The first-order valence-electron chi connectivity index (χ1n) is 6.73. The van der Waals surface area contributed by atoms with Crippen LogP contribution in [0, 0.1) is 5.92 Å². The van der Waals surface area contributed by atoms with E-state index in [0.717, 1.165) is 12.0 Å². The minimum absolute atomic E-state index is 0.745. The predicted octanol–water partition coefficient (Wildman–Crippen LogP) is 3.66. The molecule has 0 aromatic heterocycles. The molecule has 0 aromatic rings. The minimum Gasteiger partial charge on any atom is -0.317 e. The van der Waals surface area contributed by atoms with Crippen LogP contribution in [0.15, 0.2) is 11.6 Å². The molecule has 1 saturated carbocycles. The van der Waals surface area contributed by atoms with Crippen LogP contribution in [0.4, 0.5) is 0 Å². The monoisotopic (exact) mass is 207 g/mol. The maximum absolute atomic E-state index is 3.49. The summed E-state index contributed by atoms with van der Waals surface area (Å²) in [7, 11) is 2.13. The molecule has 1 fully saturated rings. The van der Waals surface area contributed by atoms with Gasteiger partial charge < -0.3 is 5.32 Å². The third-order valence-corrected chi connectivity index (χ3v) is 3.92. The van der Waals surface area contributed by atoms with Crippen molar-refractivity contribution in [2.45, 2.75) is 63.8 Å². The molecule has 86 valence electrons. The van der Waals surface area contributed by atoms with E-state index in [1.165, 1.54) is 57.8 Å². The van der Waals surface area contributed by atoms with Crippen LogP contribution in [-0.2, 0) is 0 Å². The standard InChI is InChI=1S/C14H25N/c1-15-14(10-9-12-7-8-12)11-13-5-3-2-4-6-13/h5,12,14-15H,2-4,6-11H2,1H3. The Morgan fingerprint density at radius 3 is 2.87 bits per heavy atom. The summed E-state index contributed by atoms with van der Waals surface area (Å²) in [5.74, 6) is 1.08. The van der Waals surface area contributed by atoms with E-state index in [2.05, 4.69) is 18.4 Å². The Hall–Kier alpha value is -0.300. The van der Waals surface area contributed by atoms with Gasteiger partial charge in [-0.25, -0.2) is 0 Å². The van der Waals surface area contributed by atoms with Crippen molar-refractivity contribution in [3.8, 4) is 0 Å². The average molecular weight is 207 g/mol. The van der Waals surface area contributed by atoms with E-state index in [0.29, 0.717) is 0 Å². The molecule has 0 aromatic carbocycles. The molecule has 0 bridgehead atoms. The van der Waals surface area contributed by atoms with Gasteiger partial charge >= 0.3 is 0 Å². The van der Waals surface area contributed by atoms with Crippen molar-refractivity contribution in [1.82, 2.24) is 5.32 Å². The van der Waals surface area contributed by atoms with Gasteiger partial charge in [0.15, 0.2) is 0 Å². The molecule has 0 amide bonds. The second-order valence-electron chi connectivity index (χ2n) is 5.32. The molecule has 1 atom stereocenters. The van der Waals surface area contributed by atoms with Gasteiger partial charge in [-0.1, -0.05) is 24.5 Å². The normalized spacial score (nSPS) is 23.7. The highest BCUT2D eigenvalue weighted by molar-refractivity contribution is 5.07. The number of hydrogen-bond donors (Lipinski definition) is 1. The van der Waals surface area contributed by atoms with E-state index in [1.54, 1.807) is 5.57 Å². The molecule has 0 heterocycles. The van der Waals surface area contributed by atoms with Gasteiger partial charge in [-0.2, -0.15) is 0 Å². The summed E-state index contributed by atoms with van der Waals surface area (Å²) in [5, 5.41) is 3.49. The second-order valence-corrected chi connectivity index (χ2v) is 5.32. The molecule has 1 N–H and O–H groups in total. The van der Waals surface area contributed by atoms with Gasteiger partial charge in [0.1, 0.15) is 0 Å². The maximum Gasteiger partial charge on any atom is 0.0101 e. The number of rotatable bonds is 6. The van der Waals surface area contributed by atoms with Gasteiger partial charge in [-0.3, -0.25) is 0 Å². The lowest BCUT2D eigenvalue weighted by Crippen LogP contribution is -2.26. The third-order valence-electron chi connectivity index (χ3n) is 3.92. The van der Waals surface area contributed by atoms with Gasteiger partial charge in [0.2, 0.25) is 0 Å². The molecule has 1 nitrogen and oxygen atoms in total. The van der Waals surface area contributed by atoms with Crippen molar-refractivity contribution >= 4 is 0 Å². The first kappa shape index (κ1) is 11.2. The molecule has 0 aliphatic heterocycles. The van der Waals surface area contributed by atoms with Crippen molar-refractivity contribution in [3.05, 3.63) is 11.6 Å². The highest BCUT2D eigenvalue weighted by Crippen LogP contribution is 2.34. The van der Waals surface area contributed by atoms with Crippen LogP contribution >= 0.6 is 0 Å². The number of allylic oxidation sites excluding steroid dienone is 1. The molecule has 0 radical (unpaired) electrons. The average Bonchev–Trinajstić information content (AvgIpc) is 3.09. The van der Waals surface area contributed by atoms with Crippen LogP contribution in [0.2, 0.25) is 0 Å². The molecule has 1 unspecified atom stereocenters. The van der Waals surface area contributed by atoms with E-state index < -0.39 is 0 Å². The fourth-order valence-corrected chi connectivity index (χ4v) is 2.60. The molecule has 0 saturated heterocycles. The zero-order valence-corrected chi connectivity index (χ0v) is 10.1. The van der Waals surface area contributed by atoms with Crippen LogP contribution in [0.3, 0.4) is 0 Å². The van der Waals surface area contributed by atoms with E-state index in [1.807, 2.05) is 0 Å². The Morgan fingerprint density at radius 2 is 2.27 bits per heavy atom. The highest BCUT2D eigenvalue weighted by Gasteiger charge is 2.22. The maximum atomic E-state index is 3.49. The lowest BCUT2D eigenvalue weighted by atomic mass is 9.92. The molecule has 0 spiro atoms. The smallest absolute Gasteiger partial charge is 0.0101 e. The van der Waals surface area contributed by atoms with Crippen molar-refractivity contribution in [2.24, 2.45) is 5.92 Å². The van der Waals surface area contributed by atoms with Gasteiger partial charge in [-0.05, 0) is 57.9 Å². The van der Waals surface area contributed by atoms with E-state index in [-0.39, 0.29) is 0 Å². The second kappa shape index (κ2) is 5.69. The summed E-state index contributed by atoms with van der Waals surface area (Å²) in [4.78, 5) is 0. The van der Waals surface area contributed by atoms with Gasteiger partial charge in [-0.15, -0.1) is 0 Å². The molecule has 2 rings (SSSR count). The SMILES string of the molecule is CNC(CCC1CC1)CC1=CCCCC1. The Labute approximate surface area is 94.3 Å². The van der Waals surface area contributed by atoms with Crippen LogP contribution in [0.25, 0.3) is 0 Å². The topological polar surface area (TPSA) is 12.0 Å². The molecular formula is C14H25N. The summed E-state index contributed by atoms with van der Waals surface area (Å²) in [6.07, 6.45) is 15.2. The fourth-order valence-electron chi connectivity index (χ4n) is 2.60. The Kier molecular flexibility index (Phi) is 4.25. The van der Waals surface area contributed by atoms with Crippen LogP contribution < -0.4 is 5.32 Å². The van der Waals surface area contributed by atoms with Crippen molar-refractivity contribution < 1.29 is 0 Å². The Balaban J connectivity index is 1.70. The highest BCUT2D eigenvalue weighted by atomic mass is 14.9. The lowest BCUT2D eigenvalue weighted by Gasteiger charge is -2.20. The quantitative estimate of drug-likeness (QED) is 0.655. The predicted molar refractivity (Wildman–Crippen MR) is 66.0 cm³/mol. The molecule has 1 heteroatoms. The zero-order chi connectivity index (χ0) is 10.5. The Morgan fingerprint density at radius 1 is 1.40 bits per heavy atom. The largest absolute Gasteiger partial charge is 0.317 e. The van der Waals surface area contributed by atoms with E-state index in [4.69, 9.17) is 0 Å². The summed E-state index contributed by atoms with van der Waals surface area (Å²) in [6, 6.07) is 0.745. The first-order chi connectivity index (χ1) is 7.38. The summed E-state index contributed by atoms with van der Waals surface area (Å²) in [5.41, 5.74) is 1.72. The number of nitrogens with one attached hydrogen (secondary N) is 1. The number of hydrogen-bond acceptors (Lipinski definition) is 1. The molecule has 2 aliphatic carbocycles. The lowest BCUT2D eigenvalue weighted by molar-refractivity contribution is 0.473. The van der Waals surface area contributed by atoms with Crippen LogP contribution in [0.5, 0.6) is 0 Å². The molecular weight excluding hydrogens is 182 g/mol. The van der Waals surface area contributed by atoms with Gasteiger partial charge in [0.05, 0.1) is 0 Å². The van der Waals surface area contributed by atoms with E-state index >= 15 is 0 Å². The minimum atomic E-state index is 0.745. The summed E-state index contributed by atoms with van der Waals surface area (Å²) < 4.78 is 0. The summed E-state index contributed by atoms with van der Waals surface area (Å²) >= 11 is 0. The van der Waals surface area contributed by atoms with Crippen LogP contribution in [0.1, 0.15) is 57.8 Å².